The average Bonchev–Trinajstić information content (AvgIpc) is 2.55. The molecule has 0 aromatic heterocycles. The van der Waals surface area contributed by atoms with Crippen LogP contribution in [0.3, 0.4) is 0 Å². The zero-order chi connectivity index (χ0) is 15.7. The van der Waals surface area contributed by atoms with Gasteiger partial charge in [-0.15, -0.1) is 0 Å². The SMILES string of the molecule is CCCCCCCC(CCC)N1CCC2(CCOCC2)CC1. The lowest BCUT2D eigenvalue weighted by atomic mass is 9.72. The van der Waals surface area contributed by atoms with Crippen LogP contribution in [-0.4, -0.2) is 37.2 Å². The third kappa shape index (κ3) is 5.53. The number of rotatable bonds is 9. The maximum Gasteiger partial charge on any atom is 0.0471 e. The van der Waals surface area contributed by atoms with E-state index in [1.54, 1.807) is 0 Å². The molecule has 2 heteroatoms. The second kappa shape index (κ2) is 9.93. The van der Waals surface area contributed by atoms with Crippen molar-refractivity contribution in [2.45, 2.75) is 96.9 Å². The predicted molar refractivity (Wildman–Crippen MR) is 95.4 cm³/mol. The molecule has 2 rings (SSSR count). The molecule has 130 valence electrons. The first kappa shape index (κ1) is 18.3. The summed E-state index contributed by atoms with van der Waals surface area (Å²) in [6.45, 7) is 9.37. The molecule has 0 bridgehead atoms. The van der Waals surface area contributed by atoms with Crippen molar-refractivity contribution in [3.8, 4) is 0 Å². The Morgan fingerprint density at radius 3 is 2.14 bits per heavy atom. The van der Waals surface area contributed by atoms with Gasteiger partial charge in [0.05, 0.1) is 0 Å². The molecule has 2 saturated heterocycles. The van der Waals surface area contributed by atoms with Gasteiger partial charge in [-0.05, 0) is 57.0 Å². The smallest absolute Gasteiger partial charge is 0.0471 e. The lowest BCUT2D eigenvalue weighted by Crippen LogP contribution is -2.47. The number of likely N-dealkylation sites (tertiary alicyclic amines) is 1. The van der Waals surface area contributed by atoms with E-state index in [2.05, 4.69) is 18.7 Å². The summed E-state index contributed by atoms with van der Waals surface area (Å²) in [7, 11) is 0. The summed E-state index contributed by atoms with van der Waals surface area (Å²) >= 11 is 0. The molecule has 1 spiro atoms. The highest BCUT2D eigenvalue weighted by Crippen LogP contribution is 2.41. The Morgan fingerprint density at radius 1 is 0.818 bits per heavy atom. The van der Waals surface area contributed by atoms with E-state index < -0.39 is 0 Å². The normalized spacial score (nSPS) is 23.7. The molecular formula is C20H39NO. The molecule has 0 aromatic rings. The van der Waals surface area contributed by atoms with Crippen molar-refractivity contribution < 1.29 is 4.74 Å². The number of nitrogens with zero attached hydrogens (tertiary/aromatic N) is 1. The first-order chi connectivity index (χ1) is 10.8. The van der Waals surface area contributed by atoms with Crippen LogP contribution in [0.1, 0.15) is 90.9 Å². The molecule has 2 heterocycles. The highest BCUT2D eigenvalue weighted by Gasteiger charge is 2.37. The fourth-order valence-electron chi connectivity index (χ4n) is 4.49. The monoisotopic (exact) mass is 309 g/mol. The lowest BCUT2D eigenvalue weighted by molar-refractivity contribution is -0.0291. The highest BCUT2D eigenvalue weighted by molar-refractivity contribution is 4.89. The van der Waals surface area contributed by atoms with Gasteiger partial charge in [0.1, 0.15) is 0 Å². The van der Waals surface area contributed by atoms with Crippen LogP contribution < -0.4 is 0 Å². The molecule has 0 aliphatic carbocycles. The van der Waals surface area contributed by atoms with Gasteiger partial charge in [-0.25, -0.2) is 0 Å². The summed E-state index contributed by atoms with van der Waals surface area (Å²) in [6, 6.07) is 0.865. The molecule has 2 aliphatic rings. The minimum absolute atomic E-state index is 0.645. The molecular weight excluding hydrogens is 270 g/mol. The van der Waals surface area contributed by atoms with Gasteiger partial charge < -0.3 is 9.64 Å². The van der Waals surface area contributed by atoms with Crippen molar-refractivity contribution in [2.24, 2.45) is 5.41 Å². The van der Waals surface area contributed by atoms with Crippen LogP contribution in [0.2, 0.25) is 0 Å². The van der Waals surface area contributed by atoms with E-state index in [1.807, 2.05) is 0 Å². The summed E-state index contributed by atoms with van der Waals surface area (Å²) in [5, 5.41) is 0. The van der Waals surface area contributed by atoms with Crippen LogP contribution in [0.4, 0.5) is 0 Å². The fourth-order valence-corrected chi connectivity index (χ4v) is 4.49. The number of unbranched alkanes of at least 4 members (excludes halogenated alkanes) is 4. The Bertz CT molecular complexity index is 275. The Morgan fingerprint density at radius 2 is 1.50 bits per heavy atom. The minimum atomic E-state index is 0.645. The Balaban J connectivity index is 1.72. The molecule has 0 N–H and O–H groups in total. The van der Waals surface area contributed by atoms with Gasteiger partial charge in [0, 0.05) is 19.3 Å². The summed E-state index contributed by atoms with van der Waals surface area (Å²) in [4.78, 5) is 2.84. The van der Waals surface area contributed by atoms with Gasteiger partial charge >= 0.3 is 0 Å². The quantitative estimate of drug-likeness (QED) is 0.528. The molecule has 1 atom stereocenters. The van der Waals surface area contributed by atoms with E-state index in [1.165, 1.54) is 90.1 Å². The summed E-state index contributed by atoms with van der Waals surface area (Å²) in [6.07, 6.45) is 16.8. The second-order valence-electron chi connectivity index (χ2n) is 7.79. The second-order valence-corrected chi connectivity index (χ2v) is 7.79. The average molecular weight is 310 g/mol. The van der Waals surface area contributed by atoms with Gasteiger partial charge in [0.2, 0.25) is 0 Å². The molecule has 2 nitrogen and oxygen atoms in total. The molecule has 22 heavy (non-hydrogen) atoms. The van der Waals surface area contributed by atoms with E-state index in [0.717, 1.165) is 19.3 Å². The minimum Gasteiger partial charge on any atom is -0.381 e. The third-order valence-electron chi connectivity index (χ3n) is 6.19. The van der Waals surface area contributed by atoms with Crippen LogP contribution in [0.5, 0.6) is 0 Å². The molecule has 0 radical (unpaired) electrons. The number of piperidine rings is 1. The molecule has 0 saturated carbocycles. The molecule has 2 aliphatic heterocycles. The van der Waals surface area contributed by atoms with Crippen LogP contribution in [0.25, 0.3) is 0 Å². The van der Waals surface area contributed by atoms with Crippen molar-refractivity contribution >= 4 is 0 Å². The van der Waals surface area contributed by atoms with Gasteiger partial charge in [0.25, 0.3) is 0 Å². The van der Waals surface area contributed by atoms with E-state index >= 15 is 0 Å². The van der Waals surface area contributed by atoms with Gasteiger partial charge in [-0.3, -0.25) is 0 Å². The van der Waals surface area contributed by atoms with Crippen LogP contribution in [0.15, 0.2) is 0 Å². The van der Waals surface area contributed by atoms with Gasteiger partial charge in [-0.1, -0.05) is 52.4 Å². The first-order valence-corrected chi connectivity index (χ1v) is 10.1. The number of ether oxygens (including phenoxy) is 1. The van der Waals surface area contributed by atoms with E-state index in [4.69, 9.17) is 4.74 Å². The van der Waals surface area contributed by atoms with Crippen LogP contribution >= 0.6 is 0 Å². The number of hydrogen-bond acceptors (Lipinski definition) is 2. The zero-order valence-corrected chi connectivity index (χ0v) is 15.2. The van der Waals surface area contributed by atoms with Gasteiger partial charge in [0.15, 0.2) is 0 Å². The third-order valence-corrected chi connectivity index (χ3v) is 6.19. The molecule has 1 unspecified atom stereocenters. The summed E-state index contributed by atoms with van der Waals surface area (Å²) in [5.41, 5.74) is 0.645. The fraction of sp³-hybridized carbons (Fsp3) is 1.00. The summed E-state index contributed by atoms with van der Waals surface area (Å²) in [5.74, 6) is 0. The summed E-state index contributed by atoms with van der Waals surface area (Å²) < 4.78 is 5.58. The highest BCUT2D eigenvalue weighted by atomic mass is 16.5. The largest absolute Gasteiger partial charge is 0.381 e. The van der Waals surface area contributed by atoms with Crippen molar-refractivity contribution in [2.75, 3.05) is 26.3 Å². The van der Waals surface area contributed by atoms with Crippen LogP contribution in [-0.2, 0) is 4.74 Å². The molecule has 0 amide bonds. The molecule has 0 aromatic carbocycles. The molecule has 2 fully saturated rings. The van der Waals surface area contributed by atoms with Crippen molar-refractivity contribution in [1.82, 2.24) is 4.90 Å². The van der Waals surface area contributed by atoms with Crippen molar-refractivity contribution in [3.05, 3.63) is 0 Å². The van der Waals surface area contributed by atoms with E-state index in [-0.39, 0.29) is 0 Å². The van der Waals surface area contributed by atoms with Gasteiger partial charge in [-0.2, -0.15) is 0 Å². The Kier molecular flexibility index (Phi) is 8.24. The first-order valence-electron chi connectivity index (χ1n) is 10.1. The van der Waals surface area contributed by atoms with E-state index in [9.17, 15) is 0 Å². The topological polar surface area (TPSA) is 12.5 Å². The van der Waals surface area contributed by atoms with Crippen LogP contribution in [0, 0.1) is 5.41 Å². The Labute approximate surface area is 139 Å². The predicted octanol–water partition coefficient (Wildman–Crippen LogP) is 5.41. The number of hydrogen-bond donors (Lipinski definition) is 0. The Hall–Kier alpha value is -0.0800. The van der Waals surface area contributed by atoms with Crippen molar-refractivity contribution in [1.29, 1.82) is 0 Å². The maximum atomic E-state index is 5.58. The lowest BCUT2D eigenvalue weighted by Gasteiger charge is -2.46. The maximum absolute atomic E-state index is 5.58. The zero-order valence-electron chi connectivity index (χ0n) is 15.2. The standard InChI is InChI=1S/C20H39NO/c1-3-5-6-7-8-10-19(9-4-2)21-15-11-20(12-16-21)13-17-22-18-14-20/h19H,3-18H2,1-2H3. The van der Waals surface area contributed by atoms with E-state index in [0.29, 0.717) is 5.41 Å². The van der Waals surface area contributed by atoms with Crippen molar-refractivity contribution in [3.63, 3.8) is 0 Å².